The molecule has 4 atom stereocenters. The SMILES string of the molecule is CCOc1cc(C(=O)OC)ccc1NC(=O)N1C2C[C@H](OCc3c(-c4c(Cl)cccc4Cl)noc3C3CC3)CC1[C@H](C)C2. The quantitative estimate of drug-likeness (QED) is 0.242. The lowest BCUT2D eigenvalue weighted by Crippen LogP contribution is -2.51. The summed E-state index contributed by atoms with van der Waals surface area (Å²) in [5, 5.41) is 8.44. The van der Waals surface area contributed by atoms with Gasteiger partial charge in [-0.2, -0.15) is 0 Å². The summed E-state index contributed by atoms with van der Waals surface area (Å²) in [6.45, 7) is 4.76. The van der Waals surface area contributed by atoms with E-state index in [9.17, 15) is 9.59 Å². The summed E-state index contributed by atoms with van der Waals surface area (Å²) >= 11 is 13.1. The summed E-state index contributed by atoms with van der Waals surface area (Å²) in [6, 6.07) is 10.2. The van der Waals surface area contributed by atoms with Gasteiger partial charge in [-0.1, -0.05) is 41.3 Å². The lowest BCUT2D eigenvalue weighted by atomic mass is 9.97. The first-order valence-electron chi connectivity index (χ1n) is 14.8. The van der Waals surface area contributed by atoms with Crippen molar-refractivity contribution in [3.05, 3.63) is 63.3 Å². The number of rotatable bonds is 9. The highest BCUT2D eigenvalue weighted by molar-refractivity contribution is 6.39. The van der Waals surface area contributed by atoms with Crippen LogP contribution in [0.15, 0.2) is 40.9 Å². The second-order valence-electron chi connectivity index (χ2n) is 11.6. The highest BCUT2D eigenvalue weighted by Gasteiger charge is 2.48. The van der Waals surface area contributed by atoms with Crippen molar-refractivity contribution in [3.8, 4) is 17.0 Å². The van der Waals surface area contributed by atoms with Crippen LogP contribution in [-0.4, -0.2) is 54.0 Å². The van der Waals surface area contributed by atoms with Crippen molar-refractivity contribution >= 4 is 40.9 Å². The van der Waals surface area contributed by atoms with Gasteiger partial charge in [0, 0.05) is 29.1 Å². The molecule has 3 heterocycles. The zero-order chi connectivity index (χ0) is 30.2. The van der Waals surface area contributed by atoms with Crippen LogP contribution < -0.4 is 10.1 Å². The van der Waals surface area contributed by atoms with Gasteiger partial charge in [-0.25, -0.2) is 9.59 Å². The first-order valence-corrected chi connectivity index (χ1v) is 15.5. The topological polar surface area (TPSA) is 103 Å². The van der Waals surface area contributed by atoms with Crippen molar-refractivity contribution in [2.45, 2.75) is 76.7 Å². The minimum Gasteiger partial charge on any atom is -0.492 e. The smallest absolute Gasteiger partial charge is 0.337 e. The van der Waals surface area contributed by atoms with Crippen LogP contribution >= 0.6 is 23.2 Å². The van der Waals surface area contributed by atoms with Crippen LogP contribution in [0.2, 0.25) is 10.0 Å². The first-order chi connectivity index (χ1) is 20.8. The Morgan fingerprint density at radius 1 is 1.12 bits per heavy atom. The number of anilines is 1. The second kappa shape index (κ2) is 12.4. The van der Waals surface area contributed by atoms with Gasteiger partial charge in [0.05, 0.1) is 47.7 Å². The number of hydrogen-bond acceptors (Lipinski definition) is 7. The standard InChI is InChI=1S/C32H35Cl2N3O6/c1-4-41-27-13-19(31(38)40-3)10-11-25(27)35-32(39)37-20-12-17(2)26(37)15-21(14-20)42-16-22-29(36-43-30(22)18-8-9-18)28-23(33)6-5-7-24(28)34/h5-7,10-11,13,17-18,20-21,26H,4,8-9,12,14-16H2,1-3H3,(H,35,39)/t17-,20?,21+,26?/m1/s1. The van der Waals surface area contributed by atoms with Crippen LogP contribution in [0, 0.1) is 5.92 Å². The van der Waals surface area contributed by atoms with Crippen molar-refractivity contribution in [2.75, 3.05) is 19.0 Å². The number of carbonyl (C=O) groups excluding carboxylic acids is 2. The molecule has 2 amide bonds. The molecule has 9 nitrogen and oxygen atoms in total. The number of fused-ring (bicyclic) bond motifs is 2. The van der Waals surface area contributed by atoms with Gasteiger partial charge in [-0.3, -0.25) is 0 Å². The Labute approximate surface area is 260 Å². The van der Waals surface area contributed by atoms with E-state index in [0.29, 0.717) is 63.4 Å². The van der Waals surface area contributed by atoms with Crippen molar-refractivity contribution in [3.63, 3.8) is 0 Å². The molecule has 0 spiro atoms. The first kappa shape index (κ1) is 29.8. The largest absolute Gasteiger partial charge is 0.492 e. The van der Waals surface area contributed by atoms with Crippen LogP contribution in [0.3, 0.4) is 0 Å². The molecule has 3 aliphatic rings. The summed E-state index contributed by atoms with van der Waals surface area (Å²) in [6.07, 6.45) is 4.43. The maximum Gasteiger partial charge on any atom is 0.337 e. The molecule has 2 bridgehead atoms. The minimum absolute atomic E-state index is 0.0245. The fourth-order valence-electron chi connectivity index (χ4n) is 6.50. The van der Waals surface area contributed by atoms with E-state index < -0.39 is 5.97 Å². The van der Waals surface area contributed by atoms with Crippen molar-refractivity contribution in [1.82, 2.24) is 10.1 Å². The van der Waals surface area contributed by atoms with Crippen LogP contribution in [0.4, 0.5) is 10.5 Å². The fourth-order valence-corrected chi connectivity index (χ4v) is 7.07. The maximum atomic E-state index is 13.6. The van der Waals surface area contributed by atoms with Gasteiger partial charge < -0.3 is 29.0 Å². The Balaban J connectivity index is 1.16. The van der Waals surface area contributed by atoms with E-state index in [0.717, 1.165) is 43.4 Å². The van der Waals surface area contributed by atoms with Crippen molar-refractivity contribution in [2.24, 2.45) is 5.92 Å². The average Bonchev–Trinajstić information content (AvgIpc) is 3.71. The number of aromatic nitrogens is 1. The number of esters is 1. The molecule has 2 saturated heterocycles. The van der Waals surface area contributed by atoms with E-state index in [1.807, 2.05) is 17.9 Å². The molecule has 0 radical (unpaired) electrons. The second-order valence-corrected chi connectivity index (χ2v) is 12.4. The van der Waals surface area contributed by atoms with Gasteiger partial charge in [0.15, 0.2) is 0 Å². The van der Waals surface area contributed by atoms with Crippen LogP contribution in [0.1, 0.15) is 73.6 Å². The molecule has 3 aromatic rings. The third-order valence-corrected chi connectivity index (χ3v) is 9.33. The molecule has 1 aromatic heterocycles. The van der Waals surface area contributed by atoms with Crippen molar-refractivity contribution in [1.29, 1.82) is 0 Å². The Bertz CT molecular complexity index is 1500. The molecule has 43 heavy (non-hydrogen) atoms. The molecule has 1 saturated carbocycles. The van der Waals surface area contributed by atoms with Gasteiger partial charge in [-0.15, -0.1) is 0 Å². The number of nitrogens with one attached hydrogen (secondary N) is 1. The van der Waals surface area contributed by atoms with E-state index in [4.69, 9.17) is 41.9 Å². The molecule has 2 unspecified atom stereocenters. The van der Waals surface area contributed by atoms with E-state index in [1.54, 1.807) is 30.3 Å². The number of hydrogen-bond donors (Lipinski definition) is 1. The van der Waals surface area contributed by atoms with E-state index in [-0.39, 0.29) is 24.2 Å². The molecule has 3 fully saturated rings. The number of ether oxygens (including phenoxy) is 3. The fraction of sp³-hybridized carbons (Fsp3) is 0.469. The summed E-state index contributed by atoms with van der Waals surface area (Å²) in [7, 11) is 1.33. The summed E-state index contributed by atoms with van der Waals surface area (Å²) in [4.78, 5) is 27.6. The molecule has 1 N–H and O–H groups in total. The molecule has 228 valence electrons. The van der Waals surface area contributed by atoms with Gasteiger partial charge in [-0.05, 0) is 75.3 Å². The third-order valence-electron chi connectivity index (χ3n) is 8.70. The van der Waals surface area contributed by atoms with Crippen molar-refractivity contribution < 1.29 is 28.3 Å². The molecular weight excluding hydrogens is 593 g/mol. The predicted molar refractivity (Wildman–Crippen MR) is 163 cm³/mol. The molecule has 11 heteroatoms. The van der Waals surface area contributed by atoms with Crippen LogP contribution in [0.25, 0.3) is 11.3 Å². The van der Waals surface area contributed by atoms with E-state index in [1.165, 1.54) is 7.11 Å². The number of benzene rings is 2. The number of nitrogens with zero attached hydrogens (tertiary/aromatic N) is 2. The van der Waals surface area contributed by atoms with Crippen LogP contribution in [0.5, 0.6) is 5.75 Å². The Hall–Kier alpha value is -3.27. The zero-order valence-corrected chi connectivity index (χ0v) is 25.9. The zero-order valence-electron chi connectivity index (χ0n) is 24.4. The van der Waals surface area contributed by atoms with E-state index >= 15 is 0 Å². The van der Waals surface area contributed by atoms with Gasteiger partial charge in [0.25, 0.3) is 0 Å². The van der Waals surface area contributed by atoms with Gasteiger partial charge in [0.2, 0.25) is 0 Å². The maximum absolute atomic E-state index is 13.6. The molecule has 6 rings (SSSR count). The van der Waals surface area contributed by atoms with E-state index in [2.05, 4.69) is 17.4 Å². The summed E-state index contributed by atoms with van der Waals surface area (Å²) in [5.74, 6) is 1.47. The normalized spacial score (nSPS) is 22.9. The number of urea groups is 1. The minimum atomic E-state index is -0.467. The van der Waals surface area contributed by atoms with Gasteiger partial charge >= 0.3 is 12.0 Å². The predicted octanol–water partition coefficient (Wildman–Crippen LogP) is 7.70. The summed E-state index contributed by atoms with van der Waals surface area (Å²) in [5.41, 5.74) is 3.06. The number of carbonyl (C=O) groups is 2. The lowest BCUT2D eigenvalue weighted by Gasteiger charge is -2.39. The Morgan fingerprint density at radius 3 is 2.56 bits per heavy atom. The summed E-state index contributed by atoms with van der Waals surface area (Å²) < 4.78 is 22.9. The third kappa shape index (κ3) is 5.95. The molecule has 2 aromatic carbocycles. The Kier molecular flexibility index (Phi) is 8.58. The number of halogens is 2. The molecule has 1 aliphatic carbocycles. The van der Waals surface area contributed by atoms with Crippen LogP contribution in [-0.2, 0) is 16.1 Å². The highest BCUT2D eigenvalue weighted by atomic mass is 35.5. The highest BCUT2D eigenvalue weighted by Crippen LogP contribution is 2.47. The monoisotopic (exact) mass is 627 g/mol. The lowest BCUT2D eigenvalue weighted by molar-refractivity contribution is -0.0181. The Morgan fingerprint density at radius 2 is 1.88 bits per heavy atom. The average molecular weight is 629 g/mol. The molecular formula is C32H35Cl2N3O6. The number of methoxy groups -OCH3 is 1. The molecule has 2 aliphatic heterocycles. The number of piperidine rings is 1. The number of amides is 2. The van der Waals surface area contributed by atoms with Gasteiger partial charge in [0.1, 0.15) is 17.2 Å².